The molecule has 9 atom stereocenters. The molecule has 2 aliphatic carbocycles. The number of hydrogen-bond donors (Lipinski definition) is 2. The van der Waals surface area contributed by atoms with Crippen molar-refractivity contribution >= 4 is 11.9 Å². The van der Waals surface area contributed by atoms with Crippen molar-refractivity contribution in [3.63, 3.8) is 0 Å². The monoisotopic (exact) mass is 474 g/mol. The van der Waals surface area contributed by atoms with Crippen molar-refractivity contribution in [3.05, 3.63) is 11.6 Å². The van der Waals surface area contributed by atoms with E-state index >= 15 is 0 Å². The first-order valence-electron chi connectivity index (χ1n) is 13.5. The van der Waals surface area contributed by atoms with Crippen LogP contribution in [-0.4, -0.2) is 48.1 Å². The summed E-state index contributed by atoms with van der Waals surface area (Å²) in [4.78, 5) is 25.0. The highest BCUT2D eigenvalue weighted by Crippen LogP contribution is 2.60. The van der Waals surface area contributed by atoms with Gasteiger partial charge in [-0.25, -0.2) is 4.79 Å². The summed E-state index contributed by atoms with van der Waals surface area (Å²) in [6, 6.07) is 0. The van der Waals surface area contributed by atoms with Gasteiger partial charge in [0, 0.05) is 18.4 Å². The van der Waals surface area contributed by atoms with Gasteiger partial charge in [-0.3, -0.25) is 4.79 Å². The van der Waals surface area contributed by atoms with E-state index in [1.54, 1.807) is 0 Å². The molecule has 2 saturated carbocycles. The number of piperidine rings is 1. The standard InChI is InChI=1S/C27H42N2O5/c1-4-16(2)25(31)34-26(3)10-5-6-20(17-9-11-29-23(28)13-17)27(26)15-19-12-18-7-8-24(30)32-21(18)14-22(19)33-27/h4,17-23,29H,5-15,28H2,1-3H3/t17?,18?,19?,20-,21?,22?,23?,26-,27-/m0/s1. The van der Waals surface area contributed by atoms with Crippen LogP contribution in [0.2, 0.25) is 0 Å². The third-order valence-corrected chi connectivity index (χ3v) is 9.83. The second-order valence-corrected chi connectivity index (χ2v) is 11.7. The van der Waals surface area contributed by atoms with Crippen LogP contribution < -0.4 is 11.1 Å². The smallest absolute Gasteiger partial charge is 0.334 e. The molecule has 7 heteroatoms. The van der Waals surface area contributed by atoms with Crippen molar-refractivity contribution in [1.29, 1.82) is 0 Å². The fourth-order valence-corrected chi connectivity index (χ4v) is 7.93. The molecule has 5 fully saturated rings. The van der Waals surface area contributed by atoms with Gasteiger partial charge in [-0.1, -0.05) is 6.08 Å². The van der Waals surface area contributed by atoms with Gasteiger partial charge >= 0.3 is 11.9 Å². The number of nitrogens with one attached hydrogen (secondary N) is 1. The van der Waals surface area contributed by atoms with Crippen LogP contribution in [0.15, 0.2) is 11.6 Å². The van der Waals surface area contributed by atoms with E-state index in [0.29, 0.717) is 35.7 Å². The van der Waals surface area contributed by atoms with Crippen LogP contribution >= 0.6 is 0 Å². The second-order valence-electron chi connectivity index (χ2n) is 11.7. The normalized spacial score (nSPS) is 47.0. The maximum absolute atomic E-state index is 13.0. The molecule has 0 aromatic carbocycles. The molecule has 0 aromatic heterocycles. The topological polar surface area (TPSA) is 99.9 Å². The first-order chi connectivity index (χ1) is 16.2. The van der Waals surface area contributed by atoms with Crippen molar-refractivity contribution in [3.8, 4) is 0 Å². The van der Waals surface area contributed by atoms with Crippen LogP contribution in [0.5, 0.6) is 0 Å². The van der Waals surface area contributed by atoms with Crippen molar-refractivity contribution in [2.75, 3.05) is 6.54 Å². The Morgan fingerprint density at radius 3 is 2.74 bits per heavy atom. The van der Waals surface area contributed by atoms with Gasteiger partial charge in [-0.2, -0.15) is 0 Å². The van der Waals surface area contributed by atoms with E-state index in [9.17, 15) is 9.59 Å². The number of hydrogen-bond acceptors (Lipinski definition) is 7. The van der Waals surface area contributed by atoms with E-state index in [1.807, 2.05) is 19.9 Å². The molecule has 3 saturated heterocycles. The molecule has 0 amide bonds. The average Bonchev–Trinajstić information content (AvgIpc) is 3.18. The Morgan fingerprint density at radius 2 is 1.97 bits per heavy atom. The summed E-state index contributed by atoms with van der Waals surface area (Å²) in [5.41, 5.74) is 5.76. The van der Waals surface area contributed by atoms with Gasteiger partial charge in [0.25, 0.3) is 0 Å². The van der Waals surface area contributed by atoms with E-state index in [0.717, 1.165) is 64.3 Å². The summed E-state index contributed by atoms with van der Waals surface area (Å²) < 4.78 is 19.3. The molecular weight excluding hydrogens is 432 g/mol. The zero-order valence-corrected chi connectivity index (χ0v) is 21.0. The number of carbonyl (C=O) groups excluding carboxylic acids is 2. The first-order valence-corrected chi connectivity index (χ1v) is 13.5. The highest BCUT2D eigenvalue weighted by atomic mass is 16.6. The Labute approximate surface area is 203 Å². The van der Waals surface area contributed by atoms with E-state index in [1.165, 1.54) is 0 Å². The lowest BCUT2D eigenvalue weighted by Crippen LogP contribution is -2.64. The number of rotatable bonds is 3. The number of allylic oxidation sites excluding steroid dienone is 1. The Kier molecular flexibility index (Phi) is 6.57. The lowest BCUT2D eigenvalue weighted by Gasteiger charge is -2.55. The average molecular weight is 475 g/mol. The molecule has 1 spiro atoms. The Balaban J connectivity index is 1.48. The molecule has 3 heterocycles. The van der Waals surface area contributed by atoms with Crippen LogP contribution in [0, 0.1) is 23.7 Å². The third kappa shape index (κ3) is 4.11. The first kappa shape index (κ1) is 24.3. The quantitative estimate of drug-likeness (QED) is 0.476. The minimum atomic E-state index is -0.689. The highest BCUT2D eigenvalue weighted by molar-refractivity contribution is 5.88. The minimum Gasteiger partial charge on any atom is -0.462 e. The lowest BCUT2D eigenvalue weighted by atomic mass is 9.58. The number of carbonyl (C=O) groups is 2. The largest absolute Gasteiger partial charge is 0.462 e. The number of ether oxygens (including phenoxy) is 3. The Hall–Kier alpha value is -1.44. The van der Waals surface area contributed by atoms with E-state index < -0.39 is 11.2 Å². The van der Waals surface area contributed by atoms with Gasteiger partial charge in [-0.05, 0) is 102 Å². The SMILES string of the molecule is CC=C(C)C(=O)O[C@@]1(C)CCC[C@@H](C2CCNC(N)C2)[C@@]12CC1CC3CCC(=O)OC3CC1O2. The molecule has 5 rings (SSSR count). The van der Waals surface area contributed by atoms with Crippen LogP contribution in [0.4, 0.5) is 0 Å². The van der Waals surface area contributed by atoms with Crippen molar-refractivity contribution in [2.24, 2.45) is 29.4 Å². The highest BCUT2D eigenvalue weighted by Gasteiger charge is 2.66. The molecule has 0 aromatic rings. The lowest BCUT2D eigenvalue weighted by molar-refractivity contribution is -0.243. The Bertz CT molecular complexity index is 845. The number of esters is 2. The van der Waals surface area contributed by atoms with Gasteiger partial charge < -0.3 is 25.3 Å². The van der Waals surface area contributed by atoms with Crippen LogP contribution in [0.1, 0.15) is 85.0 Å². The van der Waals surface area contributed by atoms with Crippen molar-refractivity contribution < 1.29 is 23.8 Å². The molecule has 7 nitrogen and oxygen atoms in total. The van der Waals surface area contributed by atoms with Gasteiger partial charge in [0.2, 0.25) is 0 Å². The molecule has 5 aliphatic rings. The van der Waals surface area contributed by atoms with Crippen LogP contribution in [-0.2, 0) is 23.8 Å². The molecule has 34 heavy (non-hydrogen) atoms. The Morgan fingerprint density at radius 1 is 1.15 bits per heavy atom. The van der Waals surface area contributed by atoms with Crippen molar-refractivity contribution in [1.82, 2.24) is 5.32 Å². The molecule has 190 valence electrons. The molecule has 0 radical (unpaired) electrons. The zero-order valence-electron chi connectivity index (χ0n) is 21.0. The molecular formula is C27H42N2O5. The second kappa shape index (κ2) is 9.21. The number of fused-ring (bicyclic) bond motifs is 2. The summed E-state index contributed by atoms with van der Waals surface area (Å²) in [6.45, 7) is 6.72. The molecule has 3 aliphatic heterocycles. The molecule has 0 bridgehead atoms. The van der Waals surface area contributed by atoms with E-state index in [2.05, 4.69) is 12.2 Å². The summed E-state index contributed by atoms with van der Waals surface area (Å²) in [5.74, 6) is 1.26. The van der Waals surface area contributed by atoms with E-state index in [4.69, 9.17) is 19.9 Å². The zero-order chi connectivity index (χ0) is 24.1. The predicted octanol–water partition coefficient (Wildman–Crippen LogP) is 3.60. The fourth-order valence-electron chi connectivity index (χ4n) is 7.93. The van der Waals surface area contributed by atoms with Crippen LogP contribution in [0.25, 0.3) is 0 Å². The third-order valence-electron chi connectivity index (χ3n) is 9.83. The maximum Gasteiger partial charge on any atom is 0.334 e. The van der Waals surface area contributed by atoms with Gasteiger partial charge in [0.15, 0.2) is 0 Å². The van der Waals surface area contributed by atoms with Gasteiger partial charge in [0.1, 0.15) is 17.3 Å². The summed E-state index contributed by atoms with van der Waals surface area (Å²) in [5, 5.41) is 3.39. The minimum absolute atomic E-state index is 0.00256. The molecule has 3 N–H and O–H groups in total. The maximum atomic E-state index is 13.0. The summed E-state index contributed by atoms with van der Waals surface area (Å²) in [7, 11) is 0. The van der Waals surface area contributed by atoms with Gasteiger partial charge in [-0.15, -0.1) is 0 Å². The fraction of sp³-hybridized carbons (Fsp3) is 0.852. The summed E-state index contributed by atoms with van der Waals surface area (Å²) >= 11 is 0. The van der Waals surface area contributed by atoms with Gasteiger partial charge in [0.05, 0.1) is 12.3 Å². The van der Waals surface area contributed by atoms with E-state index in [-0.39, 0.29) is 30.3 Å². The predicted molar refractivity (Wildman–Crippen MR) is 128 cm³/mol. The molecule has 6 unspecified atom stereocenters. The number of nitrogens with two attached hydrogens (primary N) is 1. The van der Waals surface area contributed by atoms with Crippen LogP contribution in [0.3, 0.4) is 0 Å². The van der Waals surface area contributed by atoms with Crippen molar-refractivity contribution in [2.45, 2.75) is 115 Å². The summed E-state index contributed by atoms with van der Waals surface area (Å²) in [6.07, 6.45) is 10.9.